The van der Waals surface area contributed by atoms with Gasteiger partial charge >= 0.3 is 0 Å². The summed E-state index contributed by atoms with van der Waals surface area (Å²) in [5, 5.41) is 5.21. The summed E-state index contributed by atoms with van der Waals surface area (Å²) in [7, 11) is 0. The molecule has 1 aromatic carbocycles. The van der Waals surface area contributed by atoms with Gasteiger partial charge in [0.25, 0.3) is 0 Å². The van der Waals surface area contributed by atoms with Crippen molar-refractivity contribution in [2.24, 2.45) is 0 Å². The second-order valence-electron chi connectivity index (χ2n) is 5.22. The fraction of sp³-hybridized carbons (Fsp3) is 0.333. The topological polar surface area (TPSA) is 38.5 Å². The summed E-state index contributed by atoms with van der Waals surface area (Å²) in [6, 6.07) is 7.91. The van der Waals surface area contributed by atoms with Crippen LogP contribution in [0.2, 0.25) is 5.02 Å². The molecule has 21 heavy (non-hydrogen) atoms. The maximum Gasteiger partial charge on any atom is 0.178 e. The Morgan fingerprint density at radius 2 is 2.10 bits per heavy atom. The molecule has 3 rings (SSSR count). The molecule has 2 aromatic heterocycles. The van der Waals surface area contributed by atoms with Gasteiger partial charge in [-0.2, -0.15) is 5.10 Å². The number of hydrogen-bond donors (Lipinski definition) is 1. The van der Waals surface area contributed by atoms with Crippen LogP contribution in [0.25, 0.3) is 11.0 Å². The van der Waals surface area contributed by atoms with Gasteiger partial charge in [-0.05, 0) is 50.7 Å². The van der Waals surface area contributed by atoms with Gasteiger partial charge in [-0.25, -0.2) is 0 Å². The first kappa shape index (κ1) is 14.4. The molecule has 0 radical (unpaired) electrons. The van der Waals surface area contributed by atoms with E-state index in [1.54, 1.807) is 0 Å². The van der Waals surface area contributed by atoms with Gasteiger partial charge in [-0.15, -0.1) is 0 Å². The zero-order valence-electron chi connectivity index (χ0n) is 12.1. The molecule has 0 bridgehead atoms. The highest BCUT2D eigenvalue weighted by Gasteiger charge is 2.08. The van der Waals surface area contributed by atoms with Crippen molar-refractivity contribution >= 4 is 34.9 Å². The van der Waals surface area contributed by atoms with Crippen LogP contribution in [0, 0.1) is 18.6 Å². The average molecular weight is 321 g/mol. The molecule has 110 valence electrons. The van der Waals surface area contributed by atoms with E-state index in [2.05, 4.69) is 27.6 Å². The standard InChI is InChI=1S/C15H17ClN4S/c1-10-9-11(2)20(18-10)8-4-7-19-14-12(16)5-3-6-13(14)17-15(19)21/h3,5-6,9H,4,7-8H2,1-2H3,(H,17,21). The smallest absolute Gasteiger partial charge is 0.178 e. The molecule has 4 nitrogen and oxygen atoms in total. The summed E-state index contributed by atoms with van der Waals surface area (Å²) in [6.45, 7) is 5.78. The number of aromatic nitrogens is 4. The Hall–Kier alpha value is -1.59. The maximum absolute atomic E-state index is 6.30. The Bertz CT molecular complexity index is 843. The first-order chi connectivity index (χ1) is 10.1. The van der Waals surface area contributed by atoms with Gasteiger partial charge in [0.1, 0.15) is 0 Å². The van der Waals surface area contributed by atoms with Crippen molar-refractivity contribution < 1.29 is 0 Å². The lowest BCUT2D eigenvalue weighted by Crippen LogP contribution is -2.07. The third-order valence-corrected chi connectivity index (χ3v) is 4.23. The van der Waals surface area contributed by atoms with Gasteiger partial charge in [0.15, 0.2) is 4.77 Å². The Morgan fingerprint density at radius 1 is 1.29 bits per heavy atom. The number of imidazole rings is 1. The molecule has 6 heteroatoms. The zero-order valence-corrected chi connectivity index (χ0v) is 13.6. The quantitative estimate of drug-likeness (QED) is 0.730. The van der Waals surface area contributed by atoms with Crippen molar-refractivity contribution in [3.8, 4) is 0 Å². The van der Waals surface area contributed by atoms with E-state index in [0.717, 1.165) is 41.3 Å². The van der Waals surface area contributed by atoms with Crippen LogP contribution in [0.1, 0.15) is 17.8 Å². The Kier molecular flexibility index (Phi) is 3.87. The van der Waals surface area contributed by atoms with E-state index in [1.807, 2.05) is 29.8 Å². The molecule has 0 amide bonds. The van der Waals surface area contributed by atoms with Gasteiger partial charge in [0.05, 0.1) is 21.7 Å². The van der Waals surface area contributed by atoms with Crippen LogP contribution in [0.15, 0.2) is 24.3 Å². The van der Waals surface area contributed by atoms with E-state index in [0.29, 0.717) is 4.77 Å². The fourth-order valence-electron chi connectivity index (χ4n) is 2.67. The van der Waals surface area contributed by atoms with E-state index < -0.39 is 0 Å². The van der Waals surface area contributed by atoms with Gasteiger partial charge in [0, 0.05) is 18.8 Å². The van der Waals surface area contributed by atoms with E-state index in [1.165, 1.54) is 5.69 Å². The predicted octanol–water partition coefficient (Wildman–Crippen LogP) is 4.26. The first-order valence-corrected chi connectivity index (χ1v) is 7.73. The lowest BCUT2D eigenvalue weighted by atomic mass is 10.3. The molecule has 0 aliphatic heterocycles. The van der Waals surface area contributed by atoms with Crippen LogP contribution < -0.4 is 0 Å². The lowest BCUT2D eigenvalue weighted by Gasteiger charge is -2.07. The SMILES string of the molecule is Cc1cc(C)n(CCCn2c(=S)[nH]c3cccc(Cl)c32)n1. The minimum absolute atomic E-state index is 0.714. The normalized spacial score (nSPS) is 11.4. The number of benzene rings is 1. The molecule has 0 atom stereocenters. The Morgan fingerprint density at radius 3 is 2.81 bits per heavy atom. The summed E-state index contributed by atoms with van der Waals surface area (Å²) >= 11 is 11.7. The summed E-state index contributed by atoms with van der Waals surface area (Å²) in [5.41, 5.74) is 4.21. The predicted molar refractivity (Wildman–Crippen MR) is 88.5 cm³/mol. The molecule has 0 saturated carbocycles. The first-order valence-electron chi connectivity index (χ1n) is 6.94. The highest BCUT2D eigenvalue weighted by molar-refractivity contribution is 7.71. The molecular formula is C15H17ClN4S. The van der Waals surface area contributed by atoms with Gasteiger partial charge < -0.3 is 9.55 Å². The molecule has 0 fully saturated rings. The van der Waals surface area contributed by atoms with Crippen molar-refractivity contribution in [1.82, 2.24) is 19.3 Å². The molecule has 0 saturated heterocycles. The van der Waals surface area contributed by atoms with E-state index in [9.17, 15) is 0 Å². The zero-order chi connectivity index (χ0) is 15.0. The van der Waals surface area contributed by atoms with Gasteiger partial charge in [-0.3, -0.25) is 4.68 Å². The van der Waals surface area contributed by atoms with Gasteiger partial charge in [-0.1, -0.05) is 17.7 Å². The lowest BCUT2D eigenvalue weighted by molar-refractivity contribution is 0.519. The van der Waals surface area contributed by atoms with Crippen molar-refractivity contribution in [1.29, 1.82) is 0 Å². The second-order valence-corrected chi connectivity index (χ2v) is 6.02. The van der Waals surface area contributed by atoms with Crippen LogP contribution in [-0.4, -0.2) is 19.3 Å². The largest absolute Gasteiger partial charge is 0.331 e. The molecule has 0 aliphatic carbocycles. The molecule has 2 heterocycles. The van der Waals surface area contributed by atoms with Crippen LogP contribution >= 0.6 is 23.8 Å². The third kappa shape index (κ3) is 2.76. The number of nitrogens with zero attached hydrogens (tertiary/aromatic N) is 3. The van der Waals surface area contributed by atoms with Crippen LogP contribution in [0.3, 0.4) is 0 Å². The number of nitrogens with one attached hydrogen (secondary N) is 1. The molecular weight excluding hydrogens is 304 g/mol. The molecule has 0 aliphatic rings. The highest BCUT2D eigenvalue weighted by atomic mass is 35.5. The number of rotatable bonds is 4. The van der Waals surface area contributed by atoms with Crippen molar-refractivity contribution in [2.75, 3.05) is 0 Å². The van der Waals surface area contributed by atoms with Gasteiger partial charge in [0.2, 0.25) is 0 Å². The number of halogens is 1. The number of aryl methyl sites for hydroxylation is 4. The number of hydrogen-bond acceptors (Lipinski definition) is 2. The minimum atomic E-state index is 0.714. The van der Waals surface area contributed by atoms with Crippen LogP contribution in [0.4, 0.5) is 0 Å². The summed E-state index contributed by atoms with van der Waals surface area (Å²) in [6.07, 6.45) is 0.953. The number of para-hydroxylation sites is 1. The molecule has 0 unspecified atom stereocenters. The summed E-state index contributed by atoms with van der Waals surface area (Å²) < 4.78 is 4.82. The van der Waals surface area contributed by atoms with Crippen LogP contribution in [-0.2, 0) is 13.1 Å². The average Bonchev–Trinajstić information content (AvgIpc) is 2.91. The monoisotopic (exact) mass is 320 g/mol. The number of aromatic amines is 1. The van der Waals surface area contributed by atoms with E-state index in [-0.39, 0.29) is 0 Å². The highest BCUT2D eigenvalue weighted by Crippen LogP contribution is 2.23. The fourth-order valence-corrected chi connectivity index (χ4v) is 3.24. The molecule has 1 N–H and O–H groups in total. The Labute approximate surface area is 133 Å². The van der Waals surface area contributed by atoms with E-state index in [4.69, 9.17) is 23.8 Å². The number of fused-ring (bicyclic) bond motifs is 1. The summed E-state index contributed by atoms with van der Waals surface area (Å²) in [5.74, 6) is 0. The second kappa shape index (κ2) is 5.66. The molecule has 3 aromatic rings. The van der Waals surface area contributed by atoms with E-state index >= 15 is 0 Å². The third-order valence-electron chi connectivity index (χ3n) is 3.60. The van der Waals surface area contributed by atoms with Crippen LogP contribution in [0.5, 0.6) is 0 Å². The van der Waals surface area contributed by atoms with Crippen molar-refractivity contribution in [2.45, 2.75) is 33.4 Å². The minimum Gasteiger partial charge on any atom is -0.331 e. The summed E-state index contributed by atoms with van der Waals surface area (Å²) in [4.78, 5) is 3.20. The Balaban J connectivity index is 1.81. The molecule has 0 spiro atoms. The van der Waals surface area contributed by atoms with Crippen molar-refractivity contribution in [3.63, 3.8) is 0 Å². The number of H-pyrrole nitrogens is 1. The maximum atomic E-state index is 6.30. The van der Waals surface area contributed by atoms with Crippen molar-refractivity contribution in [3.05, 3.63) is 45.4 Å².